The van der Waals surface area contributed by atoms with Crippen molar-refractivity contribution >= 4 is 28.9 Å². The molecule has 4 rings (SSSR count). The Morgan fingerprint density at radius 2 is 1.92 bits per heavy atom. The number of hydrogen-bond acceptors (Lipinski definition) is 4. The number of nitrogens with two attached hydrogens (primary N) is 1. The van der Waals surface area contributed by atoms with Gasteiger partial charge in [-0.1, -0.05) is 24.3 Å². The quantitative estimate of drug-likeness (QED) is 0.791. The van der Waals surface area contributed by atoms with Crippen molar-refractivity contribution in [3.8, 4) is 0 Å². The third kappa shape index (κ3) is 2.61. The molecule has 1 aromatic carbocycles. The molecule has 2 fully saturated rings. The van der Waals surface area contributed by atoms with Gasteiger partial charge in [-0.05, 0) is 42.9 Å². The molecule has 4 N–H and O–H groups in total. The van der Waals surface area contributed by atoms with E-state index in [-0.39, 0.29) is 11.9 Å². The SMILES string of the molecule is CN1C(=N)N[C@](C)(c2cc(N)cs2)[C@@H](c2ccc(C3CC3)cc2)C1=O. The molecule has 0 radical (unpaired) electrons. The van der Waals surface area contributed by atoms with E-state index in [1.165, 1.54) is 34.6 Å². The summed E-state index contributed by atoms with van der Waals surface area (Å²) in [6.07, 6.45) is 2.52. The van der Waals surface area contributed by atoms with Gasteiger partial charge >= 0.3 is 0 Å². The zero-order valence-electron chi connectivity index (χ0n) is 14.4. The number of rotatable bonds is 3. The summed E-state index contributed by atoms with van der Waals surface area (Å²) in [5.74, 6) is 0.328. The van der Waals surface area contributed by atoms with E-state index in [1.807, 2.05) is 18.4 Å². The lowest BCUT2D eigenvalue weighted by Gasteiger charge is -2.45. The average Bonchev–Trinajstić information content (AvgIpc) is 3.34. The van der Waals surface area contributed by atoms with Crippen LogP contribution in [-0.4, -0.2) is 23.8 Å². The van der Waals surface area contributed by atoms with Crippen LogP contribution in [0.1, 0.15) is 47.6 Å². The maximum Gasteiger partial charge on any atom is 0.239 e. The molecular formula is C19H22N4OS. The van der Waals surface area contributed by atoms with Crippen molar-refractivity contribution in [2.45, 2.75) is 37.1 Å². The first-order valence-corrected chi connectivity index (χ1v) is 9.37. The molecule has 1 aliphatic carbocycles. The van der Waals surface area contributed by atoms with Crippen LogP contribution in [0.2, 0.25) is 0 Å². The Kier molecular flexibility index (Phi) is 3.61. The van der Waals surface area contributed by atoms with Crippen molar-refractivity contribution < 1.29 is 4.79 Å². The molecule has 1 saturated heterocycles. The molecule has 2 aliphatic rings. The number of thiophene rings is 1. The molecule has 0 spiro atoms. The van der Waals surface area contributed by atoms with Crippen molar-refractivity contribution in [3.05, 3.63) is 51.7 Å². The van der Waals surface area contributed by atoms with Crippen LogP contribution in [-0.2, 0) is 10.3 Å². The molecule has 6 heteroatoms. The van der Waals surface area contributed by atoms with Gasteiger partial charge in [0.2, 0.25) is 5.91 Å². The van der Waals surface area contributed by atoms with Crippen LogP contribution in [0.5, 0.6) is 0 Å². The van der Waals surface area contributed by atoms with Crippen LogP contribution in [0.3, 0.4) is 0 Å². The van der Waals surface area contributed by atoms with E-state index in [0.29, 0.717) is 11.6 Å². The molecular weight excluding hydrogens is 332 g/mol. The van der Waals surface area contributed by atoms with E-state index in [1.54, 1.807) is 7.05 Å². The Morgan fingerprint density at radius 1 is 1.28 bits per heavy atom. The van der Waals surface area contributed by atoms with Crippen LogP contribution in [0, 0.1) is 5.41 Å². The molecule has 130 valence electrons. The summed E-state index contributed by atoms with van der Waals surface area (Å²) in [5, 5.41) is 13.3. The lowest BCUT2D eigenvalue weighted by atomic mass is 9.76. The number of nitrogen functional groups attached to an aromatic ring is 1. The molecule has 0 bridgehead atoms. The minimum Gasteiger partial charge on any atom is -0.398 e. The van der Waals surface area contributed by atoms with Gasteiger partial charge in [0, 0.05) is 23.0 Å². The lowest BCUT2D eigenvalue weighted by molar-refractivity contribution is -0.131. The molecule has 1 aliphatic heterocycles. The van der Waals surface area contributed by atoms with E-state index in [0.717, 1.165) is 10.4 Å². The standard InChI is InChI=1S/C19H22N4OS/c1-19(15-9-14(20)10-25-15)16(17(24)23(2)18(21)22-19)13-7-5-12(6-8-13)11-3-4-11/h5-11,16H,3-4,20H2,1-2H3,(H2,21,22)/t16-,19+/m0/s1. The molecule has 1 aromatic heterocycles. The molecule has 1 amide bonds. The van der Waals surface area contributed by atoms with Crippen molar-refractivity contribution in [2.24, 2.45) is 0 Å². The molecule has 1 saturated carbocycles. The number of nitrogens with zero attached hydrogens (tertiary/aromatic N) is 1. The number of benzene rings is 1. The second-order valence-corrected chi connectivity index (χ2v) is 8.10. The maximum atomic E-state index is 13.1. The predicted molar refractivity (Wildman–Crippen MR) is 101 cm³/mol. The summed E-state index contributed by atoms with van der Waals surface area (Å²) in [7, 11) is 1.64. The first kappa shape index (κ1) is 16.1. The first-order chi connectivity index (χ1) is 11.9. The largest absolute Gasteiger partial charge is 0.398 e. The Morgan fingerprint density at radius 3 is 2.48 bits per heavy atom. The van der Waals surface area contributed by atoms with Gasteiger partial charge < -0.3 is 11.1 Å². The number of carbonyl (C=O) groups is 1. The lowest BCUT2D eigenvalue weighted by Crippen LogP contribution is -2.62. The maximum absolute atomic E-state index is 13.1. The highest BCUT2D eigenvalue weighted by Gasteiger charge is 2.49. The van der Waals surface area contributed by atoms with Gasteiger partial charge in [0.05, 0.1) is 11.5 Å². The smallest absolute Gasteiger partial charge is 0.239 e. The first-order valence-electron chi connectivity index (χ1n) is 8.49. The number of guanidine groups is 1. The van der Waals surface area contributed by atoms with Gasteiger partial charge in [0.25, 0.3) is 0 Å². The van der Waals surface area contributed by atoms with Crippen LogP contribution in [0.25, 0.3) is 0 Å². The fourth-order valence-corrected chi connectivity index (χ4v) is 4.58. The highest BCUT2D eigenvalue weighted by atomic mass is 32.1. The average molecular weight is 354 g/mol. The second-order valence-electron chi connectivity index (χ2n) is 7.19. The topological polar surface area (TPSA) is 82.2 Å². The number of amides is 1. The van der Waals surface area contributed by atoms with Gasteiger partial charge in [0.1, 0.15) is 0 Å². The summed E-state index contributed by atoms with van der Waals surface area (Å²) in [6.45, 7) is 1.98. The highest BCUT2D eigenvalue weighted by molar-refractivity contribution is 7.10. The minimum atomic E-state index is -0.690. The van der Waals surface area contributed by atoms with Gasteiger partial charge in [-0.2, -0.15) is 0 Å². The second kappa shape index (κ2) is 5.59. The van der Waals surface area contributed by atoms with E-state index in [2.05, 4.69) is 29.6 Å². The zero-order chi connectivity index (χ0) is 17.8. The third-order valence-electron chi connectivity index (χ3n) is 5.32. The molecule has 0 unspecified atom stereocenters. The molecule has 2 aromatic rings. The third-order valence-corrected chi connectivity index (χ3v) is 6.50. The number of nitrogens with one attached hydrogen (secondary N) is 2. The predicted octanol–water partition coefficient (Wildman–Crippen LogP) is 3.20. The molecule has 2 heterocycles. The van der Waals surface area contributed by atoms with Gasteiger partial charge in [-0.25, -0.2) is 0 Å². The van der Waals surface area contributed by atoms with Gasteiger partial charge in [-0.15, -0.1) is 11.3 Å². The number of anilines is 1. The van der Waals surface area contributed by atoms with E-state index in [4.69, 9.17) is 11.1 Å². The van der Waals surface area contributed by atoms with Crippen LogP contribution in [0.4, 0.5) is 5.69 Å². The van der Waals surface area contributed by atoms with Crippen molar-refractivity contribution in [1.29, 1.82) is 5.41 Å². The van der Waals surface area contributed by atoms with E-state index >= 15 is 0 Å². The van der Waals surface area contributed by atoms with Gasteiger partial charge in [0.15, 0.2) is 5.96 Å². The van der Waals surface area contributed by atoms with Crippen LogP contribution >= 0.6 is 11.3 Å². The fraction of sp³-hybridized carbons (Fsp3) is 0.368. The Bertz CT molecular complexity index is 839. The van der Waals surface area contributed by atoms with E-state index < -0.39 is 11.5 Å². The number of carbonyl (C=O) groups excluding carboxylic acids is 1. The fourth-order valence-electron chi connectivity index (χ4n) is 3.63. The molecule has 25 heavy (non-hydrogen) atoms. The summed E-state index contributed by atoms with van der Waals surface area (Å²) >= 11 is 1.52. The van der Waals surface area contributed by atoms with Gasteiger partial charge in [-0.3, -0.25) is 15.1 Å². The Hall–Kier alpha value is -2.34. The molecule has 5 nitrogen and oxygen atoms in total. The van der Waals surface area contributed by atoms with Crippen molar-refractivity contribution in [3.63, 3.8) is 0 Å². The zero-order valence-corrected chi connectivity index (χ0v) is 15.2. The van der Waals surface area contributed by atoms with Crippen LogP contribution in [0.15, 0.2) is 35.7 Å². The minimum absolute atomic E-state index is 0.0719. The van der Waals surface area contributed by atoms with Crippen molar-refractivity contribution in [1.82, 2.24) is 10.2 Å². The summed E-state index contributed by atoms with van der Waals surface area (Å²) in [5.41, 5.74) is 8.23. The molecule has 2 atom stereocenters. The summed E-state index contributed by atoms with van der Waals surface area (Å²) in [6, 6.07) is 10.3. The monoisotopic (exact) mass is 354 g/mol. The van der Waals surface area contributed by atoms with E-state index in [9.17, 15) is 4.79 Å². The Balaban J connectivity index is 1.79. The number of likely N-dealkylation sites (N-methyl/N-ethyl adjacent to an activating group) is 1. The normalized spacial score (nSPS) is 26.6. The summed E-state index contributed by atoms with van der Waals surface area (Å²) < 4.78 is 0. The number of hydrogen-bond donors (Lipinski definition) is 3. The highest BCUT2D eigenvalue weighted by Crippen LogP contribution is 2.45. The Labute approximate surface area is 151 Å². The van der Waals surface area contributed by atoms with Crippen molar-refractivity contribution in [2.75, 3.05) is 12.8 Å². The summed E-state index contributed by atoms with van der Waals surface area (Å²) in [4.78, 5) is 15.4. The van der Waals surface area contributed by atoms with Crippen LogP contribution < -0.4 is 11.1 Å².